The minimum absolute atomic E-state index is 0.0206. The monoisotopic (exact) mass is 338 g/mol. The Morgan fingerprint density at radius 2 is 1.52 bits per heavy atom. The highest BCUT2D eigenvalue weighted by molar-refractivity contribution is 5.64. The summed E-state index contributed by atoms with van der Waals surface area (Å²) in [6.07, 6.45) is 2.13. The number of likely N-dealkylation sites (tertiary alicyclic amines) is 1. The third kappa shape index (κ3) is 5.07. The molecular formula is C21H26N2O2. The first-order valence-corrected chi connectivity index (χ1v) is 9.00. The smallest absolute Gasteiger partial charge is 0.404 e. The Hall–Kier alpha value is -2.33. The van der Waals surface area contributed by atoms with Gasteiger partial charge in [0, 0.05) is 19.0 Å². The summed E-state index contributed by atoms with van der Waals surface area (Å²) in [6, 6.07) is 21.4. The molecule has 1 fully saturated rings. The van der Waals surface area contributed by atoms with E-state index in [1.807, 2.05) is 0 Å². The molecule has 1 heterocycles. The Bertz CT molecular complexity index is 613. The minimum Gasteiger partial charge on any atom is -0.446 e. The van der Waals surface area contributed by atoms with Gasteiger partial charge in [-0.25, -0.2) is 4.79 Å². The number of amides is 1. The number of hydrogen-bond donors (Lipinski definition) is 1. The summed E-state index contributed by atoms with van der Waals surface area (Å²) in [5.74, 6) is 0.405. The molecule has 0 bridgehead atoms. The second-order valence-electron chi connectivity index (χ2n) is 6.64. The SMILES string of the molecule is NC(=O)OC1CCN(CCC(c2ccccc2)c2ccccc2)CC1. The fraction of sp³-hybridized carbons (Fsp3) is 0.381. The van der Waals surface area contributed by atoms with Gasteiger partial charge in [-0.15, -0.1) is 0 Å². The molecule has 0 aromatic heterocycles. The number of nitrogens with zero attached hydrogens (tertiary/aromatic N) is 1. The van der Waals surface area contributed by atoms with Gasteiger partial charge >= 0.3 is 6.09 Å². The number of ether oxygens (including phenoxy) is 1. The number of piperidine rings is 1. The summed E-state index contributed by atoms with van der Waals surface area (Å²) in [5, 5.41) is 0. The average Bonchev–Trinajstić information content (AvgIpc) is 2.65. The van der Waals surface area contributed by atoms with E-state index in [9.17, 15) is 4.79 Å². The van der Waals surface area contributed by atoms with Gasteiger partial charge in [0.25, 0.3) is 0 Å². The summed E-state index contributed by atoms with van der Waals surface area (Å²) >= 11 is 0. The second kappa shape index (κ2) is 8.67. The van der Waals surface area contributed by atoms with Crippen LogP contribution in [0.4, 0.5) is 4.79 Å². The molecule has 2 N–H and O–H groups in total. The van der Waals surface area contributed by atoms with E-state index in [1.165, 1.54) is 11.1 Å². The first-order valence-electron chi connectivity index (χ1n) is 9.00. The third-order valence-corrected chi connectivity index (χ3v) is 4.96. The second-order valence-corrected chi connectivity index (χ2v) is 6.64. The minimum atomic E-state index is -0.660. The normalized spacial score (nSPS) is 16.0. The van der Waals surface area contributed by atoms with E-state index in [4.69, 9.17) is 10.5 Å². The van der Waals surface area contributed by atoms with E-state index < -0.39 is 6.09 Å². The van der Waals surface area contributed by atoms with E-state index in [-0.39, 0.29) is 6.10 Å². The van der Waals surface area contributed by atoms with Crippen LogP contribution in [-0.2, 0) is 4.74 Å². The maximum Gasteiger partial charge on any atom is 0.404 e. The first-order chi connectivity index (χ1) is 12.2. The van der Waals surface area contributed by atoms with Crippen LogP contribution in [0.15, 0.2) is 60.7 Å². The van der Waals surface area contributed by atoms with Gasteiger partial charge in [0.2, 0.25) is 0 Å². The van der Waals surface area contributed by atoms with Crippen molar-refractivity contribution in [1.82, 2.24) is 4.90 Å². The van der Waals surface area contributed by atoms with Crippen LogP contribution in [0, 0.1) is 0 Å². The highest BCUT2D eigenvalue weighted by atomic mass is 16.6. The summed E-state index contributed by atoms with van der Waals surface area (Å²) in [4.78, 5) is 13.3. The van der Waals surface area contributed by atoms with E-state index in [2.05, 4.69) is 65.6 Å². The van der Waals surface area contributed by atoms with Crippen molar-refractivity contribution in [3.05, 3.63) is 71.8 Å². The molecular weight excluding hydrogens is 312 g/mol. The molecule has 0 atom stereocenters. The number of primary amides is 1. The lowest BCUT2D eigenvalue weighted by atomic mass is 9.88. The van der Waals surface area contributed by atoms with Crippen LogP contribution in [-0.4, -0.2) is 36.7 Å². The molecule has 25 heavy (non-hydrogen) atoms. The quantitative estimate of drug-likeness (QED) is 0.872. The predicted octanol–water partition coefficient (Wildman–Crippen LogP) is 3.77. The van der Waals surface area contributed by atoms with Crippen LogP contribution in [0.5, 0.6) is 0 Å². The maximum atomic E-state index is 10.9. The van der Waals surface area contributed by atoms with Crippen LogP contribution >= 0.6 is 0 Å². The summed E-state index contributed by atoms with van der Waals surface area (Å²) < 4.78 is 5.12. The Labute approximate surface area is 149 Å². The zero-order valence-corrected chi connectivity index (χ0v) is 14.5. The number of nitrogens with two attached hydrogens (primary N) is 1. The molecule has 4 nitrogen and oxygen atoms in total. The maximum absolute atomic E-state index is 10.9. The van der Waals surface area contributed by atoms with Crippen LogP contribution < -0.4 is 5.73 Å². The molecule has 4 heteroatoms. The highest BCUT2D eigenvalue weighted by Gasteiger charge is 2.22. The molecule has 2 aromatic rings. The van der Waals surface area contributed by atoms with Crippen molar-refractivity contribution in [3.8, 4) is 0 Å². The van der Waals surface area contributed by atoms with Gasteiger partial charge in [-0.3, -0.25) is 0 Å². The molecule has 0 unspecified atom stereocenters. The zero-order chi connectivity index (χ0) is 17.5. The molecule has 1 aliphatic heterocycles. The molecule has 1 amide bonds. The van der Waals surface area contributed by atoms with Crippen molar-refractivity contribution >= 4 is 6.09 Å². The van der Waals surface area contributed by atoms with Gasteiger partial charge in [-0.1, -0.05) is 60.7 Å². The summed E-state index contributed by atoms with van der Waals surface area (Å²) in [6.45, 7) is 2.94. The summed E-state index contributed by atoms with van der Waals surface area (Å²) in [5.41, 5.74) is 7.83. The van der Waals surface area contributed by atoms with Crippen molar-refractivity contribution in [2.75, 3.05) is 19.6 Å². The van der Waals surface area contributed by atoms with Crippen molar-refractivity contribution in [2.45, 2.75) is 31.3 Å². The van der Waals surface area contributed by atoms with Crippen molar-refractivity contribution < 1.29 is 9.53 Å². The molecule has 1 saturated heterocycles. The van der Waals surface area contributed by atoms with Crippen molar-refractivity contribution in [3.63, 3.8) is 0 Å². The van der Waals surface area contributed by atoms with Crippen LogP contribution in [0.3, 0.4) is 0 Å². The lowest BCUT2D eigenvalue weighted by Crippen LogP contribution is -2.39. The van der Waals surface area contributed by atoms with Gasteiger partial charge in [-0.05, 0) is 36.9 Å². The molecule has 2 aromatic carbocycles. The van der Waals surface area contributed by atoms with Crippen molar-refractivity contribution in [1.29, 1.82) is 0 Å². The molecule has 0 saturated carbocycles. The Morgan fingerprint density at radius 3 is 2.00 bits per heavy atom. The predicted molar refractivity (Wildman–Crippen MR) is 99.5 cm³/mol. The van der Waals surface area contributed by atoms with Crippen LogP contribution in [0.25, 0.3) is 0 Å². The lowest BCUT2D eigenvalue weighted by molar-refractivity contribution is 0.0557. The number of carbonyl (C=O) groups is 1. The van der Waals surface area contributed by atoms with E-state index in [0.717, 1.165) is 38.9 Å². The Morgan fingerprint density at radius 1 is 1.00 bits per heavy atom. The van der Waals surface area contributed by atoms with Gasteiger partial charge in [0.05, 0.1) is 0 Å². The number of rotatable bonds is 6. The number of hydrogen-bond acceptors (Lipinski definition) is 3. The standard InChI is InChI=1S/C21H26N2O2/c22-21(24)25-19-11-14-23(15-12-19)16-13-20(17-7-3-1-4-8-17)18-9-5-2-6-10-18/h1-10,19-20H,11-16H2,(H2,22,24). The Kier molecular flexibility index (Phi) is 6.07. The zero-order valence-electron chi connectivity index (χ0n) is 14.5. The topological polar surface area (TPSA) is 55.6 Å². The van der Waals surface area contributed by atoms with Gasteiger partial charge in [0.1, 0.15) is 6.10 Å². The van der Waals surface area contributed by atoms with Gasteiger partial charge in [0.15, 0.2) is 0 Å². The van der Waals surface area contributed by atoms with E-state index >= 15 is 0 Å². The van der Waals surface area contributed by atoms with Crippen molar-refractivity contribution in [2.24, 2.45) is 5.73 Å². The molecule has 0 radical (unpaired) electrons. The van der Waals surface area contributed by atoms with Gasteiger partial charge < -0.3 is 15.4 Å². The highest BCUT2D eigenvalue weighted by Crippen LogP contribution is 2.28. The molecule has 132 valence electrons. The van der Waals surface area contributed by atoms with Crippen LogP contribution in [0.2, 0.25) is 0 Å². The molecule has 3 rings (SSSR count). The van der Waals surface area contributed by atoms with E-state index in [0.29, 0.717) is 5.92 Å². The first kappa shape index (κ1) is 17.5. The fourth-order valence-corrected chi connectivity index (χ4v) is 3.62. The average molecular weight is 338 g/mol. The Balaban J connectivity index is 1.60. The number of benzene rings is 2. The van der Waals surface area contributed by atoms with Gasteiger partial charge in [-0.2, -0.15) is 0 Å². The van der Waals surface area contributed by atoms with Crippen LogP contribution in [0.1, 0.15) is 36.3 Å². The lowest BCUT2D eigenvalue weighted by Gasteiger charge is -2.32. The molecule has 1 aliphatic rings. The number of carbonyl (C=O) groups excluding carboxylic acids is 1. The van der Waals surface area contributed by atoms with E-state index in [1.54, 1.807) is 0 Å². The largest absolute Gasteiger partial charge is 0.446 e. The fourth-order valence-electron chi connectivity index (χ4n) is 3.62. The molecule has 0 aliphatic carbocycles. The summed E-state index contributed by atoms with van der Waals surface area (Å²) in [7, 11) is 0. The molecule has 0 spiro atoms. The third-order valence-electron chi connectivity index (χ3n) is 4.96.